The Labute approximate surface area is 252 Å². The van der Waals surface area contributed by atoms with Gasteiger partial charge in [-0.3, -0.25) is 9.69 Å². The van der Waals surface area contributed by atoms with Crippen LogP contribution in [-0.2, 0) is 27.2 Å². The van der Waals surface area contributed by atoms with Crippen molar-refractivity contribution in [3.05, 3.63) is 94.8 Å². The lowest BCUT2D eigenvalue weighted by Crippen LogP contribution is -2.49. The van der Waals surface area contributed by atoms with E-state index in [1.807, 2.05) is 23.1 Å². The second kappa shape index (κ2) is 12.4. The molecule has 0 bridgehead atoms. The summed E-state index contributed by atoms with van der Waals surface area (Å²) in [6, 6.07) is 21.2. The number of unbranched alkanes of at least 4 members (excludes halogenated alkanes) is 1. The molecule has 8 heteroatoms. The zero-order valence-corrected chi connectivity index (χ0v) is 24.4. The van der Waals surface area contributed by atoms with E-state index in [1.54, 1.807) is 0 Å². The summed E-state index contributed by atoms with van der Waals surface area (Å²) in [7, 11) is 0. The van der Waals surface area contributed by atoms with Crippen molar-refractivity contribution in [2.24, 2.45) is 0 Å². The van der Waals surface area contributed by atoms with Crippen LogP contribution >= 0.6 is 0 Å². The summed E-state index contributed by atoms with van der Waals surface area (Å²) in [6.45, 7) is 4.51. The number of nitrogens with zero attached hydrogens (tertiary/aromatic N) is 2. The number of aliphatic hydroxyl groups is 1. The number of carbonyl (C=O) groups excluding carboxylic acids is 1. The lowest BCUT2D eigenvalue weighted by Gasteiger charge is -2.37. The summed E-state index contributed by atoms with van der Waals surface area (Å²) in [5.74, 6) is 1.89. The number of ether oxygens (including phenoxy) is 4. The van der Waals surface area contributed by atoms with Crippen molar-refractivity contribution in [2.45, 2.75) is 44.4 Å². The number of benzene rings is 3. The van der Waals surface area contributed by atoms with E-state index in [1.165, 1.54) is 33.4 Å². The Morgan fingerprint density at radius 3 is 2.65 bits per heavy atom. The van der Waals surface area contributed by atoms with Crippen LogP contribution in [0.25, 0.3) is 11.1 Å². The standard InChI is InChI=1S/C35H38N2O6/c38-16-3-4-17-40-34-21-26(28-8-5-9-29-27-7-2-1-6-25(27)19-30(28)29)20-33(43-34)35(39)37-14-12-36(13-15-37)22-24-10-11-31-32(18-24)42-23-41-31/h1-2,5-11,18,20,26,34,38H,3-4,12-17,19,21-23H2/t26-,34+/m0/s1. The number of allylic oxidation sites excluding steroid dienone is 1. The minimum absolute atomic E-state index is 0.00657. The third-order valence-corrected chi connectivity index (χ3v) is 8.91. The molecule has 1 saturated heterocycles. The Morgan fingerprint density at radius 2 is 1.77 bits per heavy atom. The lowest BCUT2D eigenvalue weighted by atomic mass is 9.87. The zero-order chi connectivity index (χ0) is 29.2. The van der Waals surface area contributed by atoms with E-state index in [2.05, 4.69) is 53.4 Å². The van der Waals surface area contributed by atoms with Crippen molar-refractivity contribution in [3.63, 3.8) is 0 Å². The fraction of sp³-hybridized carbons (Fsp3) is 0.400. The average Bonchev–Trinajstić information content (AvgIpc) is 3.67. The first-order chi connectivity index (χ1) is 21.2. The van der Waals surface area contributed by atoms with Crippen molar-refractivity contribution in [3.8, 4) is 22.6 Å². The predicted octanol–water partition coefficient (Wildman–Crippen LogP) is 4.83. The molecule has 1 fully saturated rings. The van der Waals surface area contributed by atoms with Gasteiger partial charge in [-0.2, -0.15) is 0 Å². The Bertz CT molecular complexity index is 1510. The van der Waals surface area contributed by atoms with Crippen LogP contribution in [0.15, 0.2) is 72.5 Å². The third-order valence-electron chi connectivity index (χ3n) is 8.91. The molecule has 0 aromatic heterocycles. The second-order valence-corrected chi connectivity index (χ2v) is 11.7. The minimum atomic E-state index is -0.514. The van der Waals surface area contributed by atoms with Gasteiger partial charge in [0, 0.05) is 51.7 Å². The molecule has 7 rings (SSSR count). The van der Waals surface area contributed by atoms with E-state index in [4.69, 9.17) is 18.9 Å². The summed E-state index contributed by atoms with van der Waals surface area (Å²) in [6.07, 6.45) is 4.47. The van der Waals surface area contributed by atoms with Gasteiger partial charge in [0.25, 0.3) is 5.91 Å². The number of hydrogen-bond donors (Lipinski definition) is 1. The number of fused-ring (bicyclic) bond motifs is 4. The Hall–Kier alpha value is -3.85. The molecule has 0 spiro atoms. The Balaban J connectivity index is 1.06. The van der Waals surface area contributed by atoms with Gasteiger partial charge in [0.05, 0.1) is 6.61 Å². The highest BCUT2D eigenvalue weighted by Crippen LogP contribution is 2.43. The summed E-state index contributed by atoms with van der Waals surface area (Å²) in [5, 5.41) is 9.20. The Kier molecular flexibility index (Phi) is 8.06. The third kappa shape index (κ3) is 5.87. The largest absolute Gasteiger partial charge is 0.459 e. The molecule has 3 aromatic rings. The molecule has 0 saturated carbocycles. The number of carbonyl (C=O) groups is 1. The fourth-order valence-corrected chi connectivity index (χ4v) is 6.65. The van der Waals surface area contributed by atoms with Crippen molar-refractivity contribution >= 4 is 5.91 Å². The molecular formula is C35H38N2O6. The first-order valence-corrected chi connectivity index (χ1v) is 15.4. The maximum atomic E-state index is 13.9. The maximum Gasteiger partial charge on any atom is 0.288 e. The molecule has 8 nitrogen and oxygen atoms in total. The quantitative estimate of drug-likeness (QED) is 0.283. The number of aliphatic hydroxyl groups excluding tert-OH is 1. The van der Waals surface area contributed by atoms with E-state index in [-0.39, 0.29) is 25.2 Å². The summed E-state index contributed by atoms with van der Waals surface area (Å²) in [5.41, 5.74) is 7.65. The van der Waals surface area contributed by atoms with Gasteiger partial charge in [-0.25, -0.2) is 0 Å². The van der Waals surface area contributed by atoms with Gasteiger partial charge < -0.3 is 29.0 Å². The molecule has 1 amide bonds. The molecule has 1 aliphatic carbocycles. The molecule has 0 unspecified atom stereocenters. The molecule has 3 heterocycles. The normalized spacial score (nSPS) is 20.8. The number of rotatable bonds is 9. The van der Waals surface area contributed by atoms with E-state index in [0.717, 1.165) is 44.0 Å². The van der Waals surface area contributed by atoms with Crippen LogP contribution < -0.4 is 9.47 Å². The van der Waals surface area contributed by atoms with Crippen molar-refractivity contribution < 1.29 is 28.8 Å². The van der Waals surface area contributed by atoms with E-state index in [0.29, 0.717) is 38.3 Å². The first kappa shape index (κ1) is 28.0. The highest BCUT2D eigenvalue weighted by atomic mass is 16.7. The zero-order valence-electron chi connectivity index (χ0n) is 24.4. The molecule has 2 atom stereocenters. The highest BCUT2D eigenvalue weighted by Gasteiger charge is 2.34. The van der Waals surface area contributed by atoms with Crippen LogP contribution in [0.4, 0.5) is 0 Å². The maximum absolute atomic E-state index is 13.9. The van der Waals surface area contributed by atoms with Crippen molar-refractivity contribution in [1.82, 2.24) is 9.80 Å². The minimum Gasteiger partial charge on any atom is -0.459 e. The SMILES string of the molecule is O=C(C1=C[C@H](c2cccc3c2Cc2ccccc2-3)C[C@H](OCCCCO)O1)N1CCN(Cc2ccc3c(c2)OCO3)CC1. The smallest absolute Gasteiger partial charge is 0.288 e. The first-order valence-electron chi connectivity index (χ1n) is 15.4. The number of hydrogen-bond acceptors (Lipinski definition) is 7. The molecule has 224 valence electrons. The number of amides is 1. The molecular weight excluding hydrogens is 544 g/mol. The molecule has 4 aliphatic rings. The fourth-order valence-electron chi connectivity index (χ4n) is 6.65. The second-order valence-electron chi connectivity index (χ2n) is 11.7. The molecule has 3 aromatic carbocycles. The average molecular weight is 583 g/mol. The monoisotopic (exact) mass is 582 g/mol. The number of piperazine rings is 1. The van der Waals surface area contributed by atoms with Crippen LogP contribution in [0.3, 0.4) is 0 Å². The van der Waals surface area contributed by atoms with Crippen molar-refractivity contribution in [2.75, 3.05) is 46.2 Å². The van der Waals surface area contributed by atoms with Gasteiger partial charge in [0.15, 0.2) is 17.3 Å². The lowest BCUT2D eigenvalue weighted by molar-refractivity contribution is -0.154. The molecule has 43 heavy (non-hydrogen) atoms. The molecule has 1 N–H and O–H groups in total. The summed E-state index contributed by atoms with van der Waals surface area (Å²) >= 11 is 0. The van der Waals surface area contributed by atoms with Crippen LogP contribution in [0.1, 0.15) is 47.4 Å². The van der Waals surface area contributed by atoms with Crippen LogP contribution in [0.5, 0.6) is 11.5 Å². The van der Waals surface area contributed by atoms with Crippen molar-refractivity contribution in [1.29, 1.82) is 0 Å². The van der Waals surface area contributed by atoms with Crippen LogP contribution in [0, 0.1) is 0 Å². The summed E-state index contributed by atoms with van der Waals surface area (Å²) in [4.78, 5) is 18.1. The topological polar surface area (TPSA) is 80.7 Å². The van der Waals surface area contributed by atoms with Gasteiger partial charge in [-0.1, -0.05) is 48.5 Å². The van der Waals surface area contributed by atoms with Gasteiger partial charge in [0.2, 0.25) is 13.1 Å². The summed E-state index contributed by atoms with van der Waals surface area (Å²) < 4.78 is 23.3. The Morgan fingerprint density at radius 1 is 0.930 bits per heavy atom. The van der Waals surface area contributed by atoms with E-state index in [9.17, 15) is 9.90 Å². The van der Waals surface area contributed by atoms with E-state index < -0.39 is 6.29 Å². The van der Waals surface area contributed by atoms with Gasteiger partial charge >= 0.3 is 0 Å². The predicted molar refractivity (Wildman–Crippen MR) is 162 cm³/mol. The van der Waals surface area contributed by atoms with E-state index >= 15 is 0 Å². The van der Waals surface area contributed by atoms with Gasteiger partial charge in [-0.05, 0) is 70.9 Å². The molecule has 0 radical (unpaired) electrons. The van der Waals surface area contributed by atoms with Gasteiger partial charge in [0.1, 0.15) is 0 Å². The highest BCUT2D eigenvalue weighted by molar-refractivity contribution is 5.92. The van der Waals surface area contributed by atoms with Crippen LogP contribution in [-0.4, -0.2) is 73.3 Å². The van der Waals surface area contributed by atoms with Gasteiger partial charge in [-0.15, -0.1) is 0 Å². The molecule has 3 aliphatic heterocycles. The van der Waals surface area contributed by atoms with Crippen LogP contribution in [0.2, 0.25) is 0 Å².